The summed E-state index contributed by atoms with van der Waals surface area (Å²) in [7, 11) is 0. The van der Waals surface area contributed by atoms with Gasteiger partial charge in [0.15, 0.2) is 0 Å². The molecule has 92 valence electrons. The van der Waals surface area contributed by atoms with Crippen molar-refractivity contribution < 1.29 is 9.90 Å². The molecule has 0 bridgehead atoms. The van der Waals surface area contributed by atoms with Crippen molar-refractivity contribution in [1.29, 1.82) is 0 Å². The molecular formula is C12H14BrNO2S. The van der Waals surface area contributed by atoms with Gasteiger partial charge in [0.2, 0.25) is 5.91 Å². The van der Waals surface area contributed by atoms with Gasteiger partial charge in [-0.3, -0.25) is 4.79 Å². The molecule has 1 aromatic rings. The summed E-state index contributed by atoms with van der Waals surface area (Å²) in [5.74, 6) is 1.12. The maximum absolute atomic E-state index is 11.9. The van der Waals surface area contributed by atoms with Crippen molar-refractivity contribution in [2.24, 2.45) is 5.92 Å². The third-order valence-corrected chi connectivity index (χ3v) is 3.98. The van der Waals surface area contributed by atoms with Crippen LogP contribution in [0.4, 0.5) is 5.69 Å². The summed E-state index contributed by atoms with van der Waals surface area (Å²) in [5.41, 5.74) is 1.58. The van der Waals surface area contributed by atoms with E-state index in [0.29, 0.717) is 24.6 Å². The Morgan fingerprint density at radius 2 is 2.29 bits per heavy atom. The smallest absolute Gasteiger partial charge is 0.227 e. The lowest BCUT2D eigenvalue weighted by molar-refractivity contribution is -0.117. The minimum Gasteiger partial charge on any atom is -0.392 e. The molecule has 3 nitrogen and oxygen atoms in total. The second-order valence-electron chi connectivity index (χ2n) is 4.19. The molecule has 1 aromatic carbocycles. The van der Waals surface area contributed by atoms with Gasteiger partial charge in [0, 0.05) is 23.0 Å². The van der Waals surface area contributed by atoms with Crippen LogP contribution in [0, 0.1) is 5.92 Å². The van der Waals surface area contributed by atoms with Gasteiger partial charge < -0.3 is 10.0 Å². The summed E-state index contributed by atoms with van der Waals surface area (Å²) < 4.78 is 0.909. The Bertz CT molecular complexity index is 439. The number of thiol groups is 1. The van der Waals surface area contributed by atoms with Gasteiger partial charge in [-0.1, -0.05) is 22.0 Å². The number of benzene rings is 1. The summed E-state index contributed by atoms with van der Waals surface area (Å²) in [4.78, 5) is 13.7. The summed E-state index contributed by atoms with van der Waals surface area (Å²) in [6, 6.07) is 5.58. The average molecular weight is 316 g/mol. The lowest BCUT2D eigenvalue weighted by Gasteiger charge is -2.20. The zero-order chi connectivity index (χ0) is 12.4. The van der Waals surface area contributed by atoms with Gasteiger partial charge in [-0.25, -0.2) is 0 Å². The number of carbonyl (C=O) groups is 1. The Labute approximate surface area is 114 Å². The molecule has 17 heavy (non-hydrogen) atoms. The Morgan fingerprint density at radius 3 is 2.88 bits per heavy atom. The number of nitrogens with zero attached hydrogens (tertiary/aromatic N) is 1. The minimum atomic E-state index is -0.0576. The number of carbonyl (C=O) groups excluding carboxylic acids is 1. The Kier molecular flexibility index (Phi) is 4.12. The van der Waals surface area contributed by atoms with E-state index in [2.05, 4.69) is 28.6 Å². The Hall–Kier alpha value is -0.520. The van der Waals surface area contributed by atoms with Crippen LogP contribution < -0.4 is 4.90 Å². The molecule has 0 aliphatic carbocycles. The molecule has 5 heteroatoms. The average Bonchev–Trinajstić information content (AvgIpc) is 2.70. The quantitative estimate of drug-likeness (QED) is 0.840. The van der Waals surface area contributed by atoms with Crippen LogP contribution in [0.5, 0.6) is 0 Å². The normalized spacial score (nSPS) is 20.1. The number of aliphatic hydroxyl groups excluding tert-OH is 1. The monoisotopic (exact) mass is 315 g/mol. The molecule has 2 rings (SSSR count). The summed E-state index contributed by atoms with van der Waals surface area (Å²) >= 11 is 7.63. The zero-order valence-electron chi connectivity index (χ0n) is 9.27. The number of halogens is 1. The largest absolute Gasteiger partial charge is 0.392 e. The number of hydrogen-bond donors (Lipinski definition) is 2. The molecule has 1 aliphatic rings. The molecule has 0 spiro atoms. The fourth-order valence-corrected chi connectivity index (χ4v) is 2.65. The fraction of sp³-hybridized carbons (Fsp3) is 0.417. The molecule has 0 radical (unpaired) electrons. The van der Waals surface area contributed by atoms with Crippen LogP contribution in [0.25, 0.3) is 0 Å². The van der Waals surface area contributed by atoms with Crippen molar-refractivity contribution in [2.45, 2.75) is 13.0 Å². The van der Waals surface area contributed by atoms with Gasteiger partial charge >= 0.3 is 0 Å². The first-order chi connectivity index (χ1) is 8.15. The van der Waals surface area contributed by atoms with Gasteiger partial charge in [-0.15, -0.1) is 0 Å². The molecule has 1 aliphatic heterocycles. The highest BCUT2D eigenvalue weighted by Gasteiger charge is 2.30. The third kappa shape index (κ3) is 2.67. The van der Waals surface area contributed by atoms with Crippen LogP contribution >= 0.6 is 28.6 Å². The van der Waals surface area contributed by atoms with Gasteiger partial charge in [0.05, 0.1) is 12.3 Å². The standard InChI is InChI=1S/C12H14BrNO2S/c13-10-2-1-9(6-15)11(4-10)14-5-8(7-17)3-12(14)16/h1-2,4,8,15,17H,3,5-7H2. The molecule has 1 unspecified atom stereocenters. The van der Waals surface area contributed by atoms with E-state index >= 15 is 0 Å². The van der Waals surface area contributed by atoms with Crippen molar-refractivity contribution in [3.05, 3.63) is 28.2 Å². The van der Waals surface area contributed by atoms with E-state index in [4.69, 9.17) is 0 Å². The lowest BCUT2D eigenvalue weighted by Crippen LogP contribution is -2.25. The predicted molar refractivity (Wildman–Crippen MR) is 74.4 cm³/mol. The number of hydrogen-bond acceptors (Lipinski definition) is 3. The second-order valence-corrected chi connectivity index (χ2v) is 5.47. The molecule has 1 saturated heterocycles. The second kappa shape index (κ2) is 5.42. The van der Waals surface area contributed by atoms with Crippen molar-refractivity contribution in [3.8, 4) is 0 Å². The number of rotatable bonds is 3. The van der Waals surface area contributed by atoms with Crippen LogP contribution in [-0.4, -0.2) is 23.3 Å². The van der Waals surface area contributed by atoms with Crippen LogP contribution in [0.15, 0.2) is 22.7 Å². The van der Waals surface area contributed by atoms with Crippen LogP contribution in [0.3, 0.4) is 0 Å². The molecule has 0 aromatic heterocycles. The third-order valence-electron chi connectivity index (χ3n) is 2.97. The van der Waals surface area contributed by atoms with Crippen molar-refractivity contribution in [2.75, 3.05) is 17.2 Å². The fourth-order valence-electron chi connectivity index (χ4n) is 2.06. The highest BCUT2D eigenvalue weighted by Crippen LogP contribution is 2.31. The van der Waals surface area contributed by atoms with E-state index in [1.165, 1.54) is 0 Å². The Morgan fingerprint density at radius 1 is 1.53 bits per heavy atom. The lowest BCUT2D eigenvalue weighted by atomic mass is 10.1. The first-order valence-electron chi connectivity index (χ1n) is 5.46. The van der Waals surface area contributed by atoms with Crippen LogP contribution in [0.2, 0.25) is 0 Å². The summed E-state index contributed by atoms with van der Waals surface area (Å²) in [6.07, 6.45) is 0.543. The summed E-state index contributed by atoms with van der Waals surface area (Å²) in [6.45, 7) is 0.629. The molecule has 1 amide bonds. The van der Waals surface area contributed by atoms with E-state index < -0.39 is 0 Å². The van der Waals surface area contributed by atoms with E-state index in [0.717, 1.165) is 15.7 Å². The van der Waals surface area contributed by atoms with Crippen LogP contribution in [0.1, 0.15) is 12.0 Å². The predicted octanol–water partition coefficient (Wildman–Crippen LogP) is 2.22. The van der Waals surface area contributed by atoms with E-state index in [9.17, 15) is 9.90 Å². The van der Waals surface area contributed by atoms with Crippen molar-refractivity contribution in [3.63, 3.8) is 0 Å². The highest BCUT2D eigenvalue weighted by atomic mass is 79.9. The van der Waals surface area contributed by atoms with Gasteiger partial charge in [0.25, 0.3) is 0 Å². The minimum absolute atomic E-state index is 0.0576. The highest BCUT2D eigenvalue weighted by molar-refractivity contribution is 9.10. The zero-order valence-corrected chi connectivity index (χ0v) is 11.7. The molecule has 1 fully saturated rings. The van der Waals surface area contributed by atoms with Gasteiger partial charge in [-0.2, -0.15) is 12.6 Å². The van der Waals surface area contributed by atoms with Gasteiger partial charge in [-0.05, 0) is 23.8 Å². The Balaban J connectivity index is 2.33. The number of amides is 1. The maximum atomic E-state index is 11.9. The molecule has 1 N–H and O–H groups in total. The topological polar surface area (TPSA) is 40.5 Å². The van der Waals surface area contributed by atoms with E-state index in [1.807, 2.05) is 18.2 Å². The molecule has 1 heterocycles. The maximum Gasteiger partial charge on any atom is 0.227 e. The number of anilines is 1. The SMILES string of the molecule is O=C1CC(CS)CN1c1cc(Br)ccc1CO. The number of aliphatic hydroxyl groups is 1. The van der Waals surface area contributed by atoms with Crippen molar-refractivity contribution >= 4 is 40.2 Å². The van der Waals surface area contributed by atoms with E-state index in [-0.39, 0.29) is 12.5 Å². The van der Waals surface area contributed by atoms with Crippen molar-refractivity contribution in [1.82, 2.24) is 0 Å². The molecular weight excluding hydrogens is 302 g/mol. The summed E-state index contributed by atoms with van der Waals surface area (Å²) in [5, 5.41) is 9.31. The molecule has 1 atom stereocenters. The van der Waals surface area contributed by atoms with Crippen LogP contribution in [-0.2, 0) is 11.4 Å². The van der Waals surface area contributed by atoms with Gasteiger partial charge in [0.1, 0.15) is 0 Å². The first-order valence-corrected chi connectivity index (χ1v) is 6.88. The first kappa shape index (κ1) is 12.9. The molecule has 0 saturated carbocycles. The van der Waals surface area contributed by atoms with E-state index in [1.54, 1.807) is 4.90 Å².